The number of nitrogens with zero attached hydrogens (tertiary/aromatic N) is 2. The summed E-state index contributed by atoms with van der Waals surface area (Å²) in [6, 6.07) is 12.8. The fourth-order valence-corrected chi connectivity index (χ4v) is 2.30. The number of hydrazone groups is 1. The van der Waals surface area contributed by atoms with Crippen LogP contribution in [-0.4, -0.2) is 31.1 Å². The molecule has 0 heterocycles. The number of benzene rings is 2. The Kier molecular flexibility index (Phi) is 6.84. The second-order valence-electron chi connectivity index (χ2n) is 5.42. The van der Waals surface area contributed by atoms with Gasteiger partial charge in [0.1, 0.15) is 5.82 Å². The van der Waals surface area contributed by atoms with Crippen LogP contribution in [0, 0.1) is 5.82 Å². The minimum atomic E-state index is -0.912. The maximum atomic E-state index is 12.8. The zero-order valence-electron chi connectivity index (χ0n) is 14.7. The Morgan fingerprint density at radius 3 is 2.19 bits per heavy atom. The maximum Gasteiger partial charge on any atom is 0.329 e. The molecule has 0 bridgehead atoms. The smallest absolute Gasteiger partial charge is 0.329 e. The first-order chi connectivity index (χ1) is 12.5. The van der Waals surface area contributed by atoms with Gasteiger partial charge >= 0.3 is 11.8 Å². The van der Waals surface area contributed by atoms with Gasteiger partial charge in [-0.1, -0.05) is 12.1 Å². The fourth-order valence-electron chi connectivity index (χ4n) is 2.30. The summed E-state index contributed by atoms with van der Waals surface area (Å²) in [5, 5.41) is 6.13. The highest BCUT2D eigenvalue weighted by molar-refractivity contribution is 6.39. The fraction of sp³-hybridized carbons (Fsp3) is 0.211. The third kappa shape index (κ3) is 5.41. The molecule has 7 heteroatoms. The topological polar surface area (TPSA) is 73.8 Å². The Hall–Kier alpha value is -3.22. The van der Waals surface area contributed by atoms with Crippen molar-refractivity contribution < 1.29 is 14.0 Å². The molecule has 0 aromatic heterocycles. The van der Waals surface area contributed by atoms with Gasteiger partial charge in [-0.25, -0.2) is 9.82 Å². The quantitative estimate of drug-likeness (QED) is 0.475. The Morgan fingerprint density at radius 1 is 1.00 bits per heavy atom. The minimum Gasteiger partial charge on any atom is -0.372 e. The normalized spacial score (nSPS) is 10.6. The van der Waals surface area contributed by atoms with Crippen molar-refractivity contribution in [1.29, 1.82) is 0 Å². The van der Waals surface area contributed by atoms with Crippen LogP contribution < -0.4 is 15.6 Å². The highest BCUT2D eigenvalue weighted by Crippen LogP contribution is 2.14. The number of nitrogens with one attached hydrogen (secondary N) is 2. The lowest BCUT2D eigenvalue weighted by molar-refractivity contribution is -0.136. The van der Waals surface area contributed by atoms with E-state index in [1.165, 1.54) is 30.5 Å². The number of rotatable bonds is 6. The molecule has 2 aromatic carbocycles. The molecular formula is C19H21FN4O2. The number of hydrogen-bond donors (Lipinski definition) is 2. The largest absolute Gasteiger partial charge is 0.372 e. The first-order valence-corrected chi connectivity index (χ1v) is 8.28. The molecule has 0 fully saturated rings. The molecule has 136 valence electrons. The van der Waals surface area contributed by atoms with Crippen molar-refractivity contribution in [1.82, 2.24) is 5.43 Å². The second kappa shape index (κ2) is 9.31. The summed E-state index contributed by atoms with van der Waals surface area (Å²) in [5.41, 5.74) is 4.38. The summed E-state index contributed by atoms with van der Waals surface area (Å²) < 4.78 is 12.8. The zero-order valence-corrected chi connectivity index (χ0v) is 14.7. The molecule has 2 aromatic rings. The van der Waals surface area contributed by atoms with Gasteiger partial charge in [0.25, 0.3) is 0 Å². The Balaban J connectivity index is 1.87. The van der Waals surface area contributed by atoms with Crippen molar-refractivity contribution in [3.05, 3.63) is 59.9 Å². The minimum absolute atomic E-state index is 0.322. The summed E-state index contributed by atoms with van der Waals surface area (Å²) in [4.78, 5) is 25.6. The van der Waals surface area contributed by atoms with E-state index in [4.69, 9.17) is 0 Å². The van der Waals surface area contributed by atoms with Gasteiger partial charge in [0.2, 0.25) is 0 Å². The number of carbonyl (C=O) groups excluding carboxylic acids is 2. The molecule has 0 aliphatic carbocycles. The molecule has 0 unspecified atom stereocenters. The molecule has 2 N–H and O–H groups in total. The van der Waals surface area contributed by atoms with Crippen molar-refractivity contribution in [2.24, 2.45) is 5.10 Å². The van der Waals surface area contributed by atoms with Crippen LogP contribution in [-0.2, 0) is 9.59 Å². The average Bonchev–Trinajstić information content (AvgIpc) is 2.65. The second-order valence-corrected chi connectivity index (χ2v) is 5.42. The van der Waals surface area contributed by atoms with Gasteiger partial charge in [-0.3, -0.25) is 9.59 Å². The zero-order chi connectivity index (χ0) is 18.9. The lowest BCUT2D eigenvalue weighted by Crippen LogP contribution is -2.32. The van der Waals surface area contributed by atoms with Gasteiger partial charge < -0.3 is 10.2 Å². The average molecular weight is 356 g/mol. The summed E-state index contributed by atoms with van der Waals surface area (Å²) >= 11 is 0. The van der Waals surface area contributed by atoms with Gasteiger partial charge in [0.15, 0.2) is 0 Å². The number of carbonyl (C=O) groups is 2. The highest BCUT2D eigenvalue weighted by atomic mass is 19.1. The Labute approximate surface area is 151 Å². The molecule has 26 heavy (non-hydrogen) atoms. The molecule has 0 aliphatic rings. The van der Waals surface area contributed by atoms with E-state index in [2.05, 4.69) is 34.6 Å². The van der Waals surface area contributed by atoms with E-state index in [0.29, 0.717) is 5.69 Å². The molecule has 0 aliphatic heterocycles. The SMILES string of the molecule is CCN(CC)c1ccc(C=NNC(=O)C(=O)Nc2ccc(F)cc2)cc1. The van der Waals surface area contributed by atoms with Crippen LogP contribution in [0.3, 0.4) is 0 Å². The lowest BCUT2D eigenvalue weighted by atomic mass is 10.2. The molecule has 0 saturated heterocycles. The molecular weight excluding hydrogens is 335 g/mol. The van der Waals surface area contributed by atoms with Crippen molar-refractivity contribution in [2.75, 3.05) is 23.3 Å². The summed E-state index contributed by atoms with van der Waals surface area (Å²) in [7, 11) is 0. The van der Waals surface area contributed by atoms with Crippen LogP contribution in [0.15, 0.2) is 53.6 Å². The van der Waals surface area contributed by atoms with Crippen LogP contribution in [0.25, 0.3) is 0 Å². The first kappa shape index (κ1) is 19.1. The monoisotopic (exact) mass is 356 g/mol. The summed E-state index contributed by atoms with van der Waals surface area (Å²) in [5.74, 6) is -2.22. The van der Waals surface area contributed by atoms with Crippen molar-refractivity contribution in [3.8, 4) is 0 Å². The van der Waals surface area contributed by atoms with Gasteiger partial charge in [-0.15, -0.1) is 0 Å². The van der Waals surface area contributed by atoms with Gasteiger partial charge in [-0.05, 0) is 55.8 Å². The van der Waals surface area contributed by atoms with E-state index >= 15 is 0 Å². The van der Waals surface area contributed by atoms with Crippen LogP contribution in [0.1, 0.15) is 19.4 Å². The third-order valence-corrected chi connectivity index (χ3v) is 3.71. The number of hydrogen-bond acceptors (Lipinski definition) is 4. The van der Waals surface area contributed by atoms with Crippen LogP contribution in [0.4, 0.5) is 15.8 Å². The van der Waals surface area contributed by atoms with E-state index < -0.39 is 17.6 Å². The molecule has 6 nitrogen and oxygen atoms in total. The predicted octanol–water partition coefficient (Wildman–Crippen LogP) is 2.76. The Morgan fingerprint density at radius 2 is 1.62 bits per heavy atom. The molecule has 2 amide bonds. The molecule has 0 atom stereocenters. The molecule has 0 radical (unpaired) electrons. The van der Waals surface area contributed by atoms with E-state index in [1.54, 1.807) is 0 Å². The van der Waals surface area contributed by atoms with Crippen LogP contribution in [0.5, 0.6) is 0 Å². The lowest BCUT2D eigenvalue weighted by Gasteiger charge is -2.20. The third-order valence-electron chi connectivity index (χ3n) is 3.71. The first-order valence-electron chi connectivity index (χ1n) is 8.28. The van der Waals surface area contributed by atoms with E-state index in [1.807, 2.05) is 24.3 Å². The summed E-state index contributed by atoms with van der Waals surface area (Å²) in [6.07, 6.45) is 1.45. The highest BCUT2D eigenvalue weighted by Gasteiger charge is 2.12. The van der Waals surface area contributed by atoms with Gasteiger partial charge in [0.05, 0.1) is 6.21 Å². The predicted molar refractivity (Wildman–Crippen MR) is 101 cm³/mol. The van der Waals surface area contributed by atoms with Crippen molar-refractivity contribution >= 4 is 29.4 Å². The Bertz CT molecular complexity index is 769. The summed E-state index contributed by atoms with van der Waals surface area (Å²) in [6.45, 7) is 6.02. The van der Waals surface area contributed by atoms with E-state index in [0.717, 1.165) is 24.3 Å². The van der Waals surface area contributed by atoms with Crippen molar-refractivity contribution in [3.63, 3.8) is 0 Å². The molecule has 0 spiro atoms. The number of anilines is 2. The molecule has 0 saturated carbocycles. The van der Waals surface area contributed by atoms with Gasteiger partial charge in [-0.2, -0.15) is 5.10 Å². The van der Waals surface area contributed by atoms with Crippen molar-refractivity contribution in [2.45, 2.75) is 13.8 Å². The van der Waals surface area contributed by atoms with Crippen LogP contribution in [0.2, 0.25) is 0 Å². The van der Waals surface area contributed by atoms with Gasteiger partial charge in [0, 0.05) is 24.5 Å². The van der Waals surface area contributed by atoms with E-state index in [-0.39, 0.29) is 0 Å². The number of amides is 2. The molecule has 2 rings (SSSR count). The van der Waals surface area contributed by atoms with Crippen LogP contribution >= 0.6 is 0 Å². The number of halogens is 1. The standard InChI is InChI=1S/C19H21FN4O2/c1-3-24(4-2)17-11-5-14(6-12-17)13-21-23-19(26)18(25)22-16-9-7-15(20)8-10-16/h5-13H,3-4H2,1-2H3,(H,22,25)(H,23,26). The van der Waals surface area contributed by atoms with E-state index in [9.17, 15) is 14.0 Å². The maximum absolute atomic E-state index is 12.8.